The van der Waals surface area contributed by atoms with Crippen molar-refractivity contribution in [3.63, 3.8) is 0 Å². The molecule has 3 aromatic rings. The molecule has 0 aliphatic rings. The van der Waals surface area contributed by atoms with Crippen LogP contribution < -0.4 is 4.74 Å². The molecule has 0 N–H and O–H groups in total. The molecule has 1 unspecified atom stereocenters. The fraction of sp³-hybridized carbons (Fsp3) is 0.280. The number of esters is 1. The number of aryl methyl sites for hydroxylation is 1. The van der Waals surface area contributed by atoms with E-state index in [9.17, 15) is 9.18 Å². The molecule has 150 valence electrons. The molecule has 0 amide bonds. The molecule has 1 aromatic heterocycles. The number of rotatable bonds is 8. The smallest absolute Gasteiger partial charge is 0.343 e. The molecular weight excluding hydrogens is 365 g/mol. The third-order valence-electron chi connectivity index (χ3n) is 5.04. The van der Waals surface area contributed by atoms with Crippen molar-refractivity contribution >= 4 is 5.97 Å². The van der Waals surface area contributed by atoms with Crippen LogP contribution in [-0.4, -0.2) is 11.0 Å². The van der Waals surface area contributed by atoms with E-state index in [1.165, 1.54) is 30.5 Å². The normalized spacial score (nSPS) is 11.8. The van der Waals surface area contributed by atoms with Gasteiger partial charge in [0.15, 0.2) is 0 Å². The van der Waals surface area contributed by atoms with Gasteiger partial charge < -0.3 is 4.74 Å². The summed E-state index contributed by atoms with van der Waals surface area (Å²) in [6.45, 7) is 4.19. The number of carbonyl (C=O) groups is 1. The highest BCUT2D eigenvalue weighted by atomic mass is 19.1. The first kappa shape index (κ1) is 20.7. The van der Waals surface area contributed by atoms with Crippen molar-refractivity contribution < 1.29 is 13.9 Å². The maximum Gasteiger partial charge on any atom is 0.343 e. The topological polar surface area (TPSA) is 39.2 Å². The second kappa shape index (κ2) is 9.97. The summed E-state index contributed by atoms with van der Waals surface area (Å²) in [5, 5.41) is 0. The highest BCUT2D eigenvalue weighted by molar-refractivity contribution is 5.91. The lowest BCUT2D eigenvalue weighted by Gasteiger charge is -2.12. The van der Waals surface area contributed by atoms with E-state index in [2.05, 4.69) is 11.9 Å². The zero-order valence-corrected chi connectivity index (χ0v) is 16.9. The second-order valence-electron chi connectivity index (χ2n) is 7.24. The fourth-order valence-electron chi connectivity index (χ4n) is 3.18. The van der Waals surface area contributed by atoms with E-state index in [0.717, 1.165) is 24.1 Å². The van der Waals surface area contributed by atoms with Crippen LogP contribution in [0.2, 0.25) is 0 Å². The molecule has 3 rings (SSSR count). The average Bonchev–Trinajstić information content (AvgIpc) is 2.75. The van der Waals surface area contributed by atoms with Crippen LogP contribution in [0, 0.1) is 5.82 Å². The first-order valence-electron chi connectivity index (χ1n) is 10.1. The zero-order chi connectivity index (χ0) is 20.6. The Balaban J connectivity index is 1.60. The van der Waals surface area contributed by atoms with Crippen LogP contribution in [0.5, 0.6) is 5.75 Å². The van der Waals surface area contributed by atoms with E-state index in [4.69, 9.17) is 4.74 Å². The van der Waals surface area contributed by atoms with Gasteiger partial charge in [0.25, 0.3) is 0 Å². The number of pyridine rings is 1. The predicted molar refractivity (Wildman–Crippen MR) is 113 cm³/mol. The molecule has 0 aliphatic heterocycles. The fourth-order valence-corrected chi connectivity index (χ4v) is 3.18. The molecule has 4 heteroatoms. The highest BCUT2D eigenvalue weighted by Crippen LogP contribution is 2.24. The van der Waals surface area contributed by atoms with Gasteiger partial charge in [0.05, 0.1) is 11.8 Å². The zero-order valence-electron chi connectivity index (χ0n) is 16.9. The Labute approximate surface area is 171 Å². The Morgan fingerprint density at radius 2 is 1.72 bits per heavy atom. The highest BCUT2D eigenvalue weighted by Gasteiger charge is 2.12. The maximum absolute atomic E-state index is 13.1. The third-order valence-corrected chi connectivity index (χ3v) is 5.04. The Morgan fingerprint density at radius 3 is 2.34 bits per heavy atom. The summed E-state index contributed by atoms with van der Waals surface area (Å²) >= 11 is 0. The molecule has 29 heavy (non-hydrogen) atoms. The number of hydrogen-bond acceptors (Lipinski definition) is 3. The van der Waals surface area contributed by atoms with Crippen molar-refractivity contribution in [3.8, 4) is 5.75 Å². The standard InChI is InChI=1S/C25H26FNO2/c1-3-4-5-6-19-7-9-21(10-8-19)25(28)29-23-15-16-24(27-17-23)18(2)20-11-13-22(26)14-12-20/h7-18H,3-6H2,1-2H3. The van der Waals surface area contributed by atoms with Crippen LogP contribution in [-0.2, 0) is 6.42 Å². The molecule has 0 aliphatic carbocycles. The molecule has 1 heterocycles. The van der Waals surface area contributed by atoms with Crippen LogP contribution in [0.15, 0.2) is 66.9 Å². The average molecular weight is 391 g/mol. The molecule has 0 spiro atoms. The van der Waals surface area contributed by atoms with E-state index >= 15 is 0 Å². The minimum atomic E-state index is -0.397. The van der Waals surface area contributed by atoms with Gasteiger partial charge in [-0.25, -0.2) is 9.18 Å². The van der Waals surface area contributed by atoms with Crippen LogP contribution in [0.3, 0.4) is 0 Å². The Bertz CT molecular complexity index is 919. The van der Waals surface area contributed by atoms with Crippen LogP contribution in [0.1, 0.15) is 66.2 Å². The van der Waals surface area contributed by atoms with Crippen molar-refractivity contribution in [2.75, 3.05) is 0 Å². The van der Waals surface area contributed by atoms with Gasteiger partial charge in [0, 0.05) is 11.6 Å². The van der Waals surface area contributed by atoms with E-state index in [0.29, 0.717) is 11.3 Å². The molecule has 0 bridgehead atoms. The molecular formula is C25H26FNO2. The summed E-state index contributed by atoms with van der Waals surface area (Å²) in [6.07, 6.45) is 6.15. The number of nitrogens with zero attached hydrogens (tertiary/aromatic N) is 1. The lowest BCUT2D eigenvalue weighted by atomic mass is 9.97. The van der Waals surface area contributed by atoms with E-state index in [1.807, 2.05) is 37.3 Å². The van der Waals surface area contributed by atoms with Crippen molar-refractivity contribution in [3.05, 3.63) is 95.1 Å². The number of ether oxygens (including phenoxy) is 1. The number of aromatic nitrogens is 1. The van der Waals surface area contributed by atoms with Crippen LogP contribution in [0.4, 0.5) is 4.39 Å². The minimum absolute atomic E-state index is 0.0144. The molecule has 0 saturated carbocycles. The quantitative estimate of drug-likeness (QED) is 0.333. The second-order valence-corrected chi connectivity index (χ2v) is 7.24. The van der Waals surface area contributed by atoms with Crippen molar-refractivity contribution in [2.24, 2.45) is 0 Å². The first-order chi connectivity index (χ1) is 14.1. The SMILES string of the molecule is CCCCCc1ccc(C(=O)Oc2ccc(C(C)c3ccc(F)cc3)nc2)cc1. The summed E-state index contributed by atoms with van der Waals surface area (Å²) in [7, 11) is 0. The summed E-state index contributed by atoms with van der Waals surface area (Å²) in [6, 6.07) is 17.5. The number of benzene rings is 2. The van der Waals surface area contributed by atoms with E-state index in [1.54, 1.807) is 24.4 Å². The number of halogens is 1. The van der Waals surface area contributed by atoms with Gasteiger partial charge in [-0.2, -0.15) is 0 Å². The molecule has 2 aromatic carbocycles. The van der Waals surface area contributed by atoms with Crippen molar-refractivity contribution in [1.29, 1.82) is 0 Å². The van der Waals surface area contributed by atoms with Gasteiger partial charge in [-0.3, -0.25) is 4.98 Å². The van der Waals surface area contributed by atoms with Crippen LogP contribution in [0.25, 0.3) is 0 Å². The monoisotopic (exact) mass is 391 g/mol. The van der Waals surface area contributed by atoms with Gasteiger partial charge in [-0.15, -0.1) is 0 Å². The summed E-state index contributed by atoms with van der Waals surface area (Å²) < 4.78 is 18.5. The Hall–Kier alpha value is -3.01. The summed E-state index contributed by atoms with van der Waals surface area (Å²) in [5.74, 6) is -0.242. The van der Waals surface area contributed by atoms with Gasteiger partial charge in [-0.1, -0.05) is 51.0 Å². The molecule has 0 saturated heterocycles. The lowest BCUT2D eigenvalue weighted by Crippen LogP contribution is -2.09. The molecule has 0 fully saturated rings. The summed E-state index contributed by atoms with van der Waals surface area (Å²) in [5.41, 5.74) is 3.55. The number of hydrogen-bond donors (Lipinski definition) is 0. The van der Waals surface area contributed by atoms with Crippen molar-refractivity contribution in [1.82, 2.24) is 4.98 Å². The lowest BCUT2D eigenvalue weighted by molar-refractivity contribution is 0.0734. The third kappa shape index (κ3) is 5.74. The van der Waals surface area contributed by atoms with E-state index < -0.39 is 5.97 Å². The largest absolute Gasteiger partial charge is 0.421 e. The molecule has 1 atom stereocenters. The Morgan fingerprint density at radius 1 is 1.00 bits per heavy atom. The molecule has 3 nitrogen and oxygen atoms in total. The van der Waals surface area contributed by atoms with Gasteiger partial charge in [0.1, 0.15) is 11.6 Å². The maximum atomic E-state index is 13.1. The van der Waals surface area contributed by atoms with Crippen LogP contribution >= 0.6 is 0 Å². The van der Waals surface area contributed by atoms with E-state index in [-0.39, 0.29) is 11.7 Å². The van der Waals surface area contributed by atoms with Gasteiger partial charge >= 0.3 is 5.97 Å². The molecule has 0 radical (unpaired) electrons. The number of carbonyl (C=O) groups excluding carboxylic acids is 1. The predicted octanol–water partition coefficient (Wildman–Crippen LogP) is 6.32. The summed E-state index contributed by atoms with van der Waals surface area (Å²) in [4.78, 5) is 16.8. The Kier molecular flexibility index (Phi) is 7.12. The van der Waals surface area contributed by atoms with Gasteiger partial charge in [-0.05, 0) is 60.4 Å². The van der Waals surface area contributed by atoms with Crippen molar-refractivity contribution in [2.45, 2.75) is 45.4 Å². The number of unbranched alkanes of at least 4 members (excludes halogenated alkanes) is 2. The first-order valence-corrected chi connectivity index (χ1v) is 10.1. The van der Waals surface area contributed by atoms with Gasteiger partial charge in [0.2, 0.25) is 0 Å². The minimum Gasteiger partial charge on any atom is -0.421 e.